The van der Waals surface area contributed by atoms with Gasteiger partial charge in [0.05, 0.1) is 17.5 Å². The van der Waals surface area contributed by atoms with Gasteiger partial charge in [-0.1, -0.05) is 12.1 Å². The van der Waals surface area contributed by atoms with E-state index in [0.717, 1.165) is 28.3 Å². The van der Waals surface area contributed by atoms with Crippen molar-refractivity contribution in [1.82, 2.24) is 24.5 Å². The molecule has 0 unspecified atom stereocenters. The Morgan fingerprint density at radius 1 is 1.21 bits per heavy atom. The van der Waals surface area contributed by atoms with E-state index in [-0.39, 0.29) is 0 Å². The van der Waals surface area contributed by atoms with Crippen molar-refractivity contribution in [3.05, 3.63) is 36.8 Å². The highest BCUT2D eigenvalue weighted by molar-refractivity contribution is 5.78. The number of aromatic nitrogens is 5. The van der Waals surface area contributed by atoms with Crippen LogP contribution in [-0.2, 0) is 14.1 Å². The van der Waals surface area contributed by atoms with Gasteiger partial charge in [-0.05, 0) is 12.1 Å². The fourth-order valence-electron chi connectivity index (χ4n) is 2.16. The summed E-state index contributed by atoms with van der Waals surface area (Å²) in [5.41, 5.74) is 9.50. The number of rotatable bonds is 2. The van der Waals surface area contributed by atoms with Crippen molar-refractivity contribution >= 4 is 5.69 Å². The minimum Gasteiger partial charge on any atom is -0.399 e. The molecule has 0 amide bonds. The minimum absolute atomic E-state index is 0.725. The van der Waals surface area contributed by atoms with E-state index >= 15 is 0 Å². The van der Waals surface area contributed by atoms with Gasteiger partial charge in [0.1, 0.15) is 6.33 Å². The second-order valence-electron chi connectivity index (χ2n) is 4.42. The van der Waals surface area contributed by atoms with Crippen LogP contribution in [-0.4, -0.2) is 24.5 Å². The van der Waals surface area contributed by atoms with Gasteiger partial charge in [0.25, 0.3) is 0 Å². The predicted molar refractivity (Wildman–Crippen MR) is 73.1 cm³/mol. The van der Waals surface area contributed by atoms with Crippen LogP contribution in [0.3, 0.4) is 0 Å². The van der Waals surface area contributed by atoms with E-state index in [4.69, 9.17) is 5.73 Å². The van der Waals surface area contributed by atoms with Gasteiger partial charge in [0.15, 0.2) is 5.82 Å². The molecule has 2 N–H and O–H groups in total. The molecule has 0 saturated heterocycles. The van der Waals surface area contributed by atoms with Crippen LogP contribution in [0.4, 0.5) is 5.69 Å². The molecule has 0 bridgehead atoms. The number of aryl methyl sites for hydroxylation is 2. The first-order chi connectivity index (χ1) is 9.16. The topological polar surface area (TPSA) is 74.5 Å². The summed E-state index contributed by atoms with van der Waals surface area (Å²) in [5, 5.41) is 12.4. The Balaban J connectivity index is 2.22. The van der Waals surface area contributed by atoms with Gasteiger partial charge in [0, 0.05) is 25.3 Å². The Labute approximate surface area is 110 Å². The molecule has 19 heavy (non-hydrogen) atoms. The molecule has 3 aromatic rings. The molecule has 0 aliphatic carbocycles. The molecule has 96 valence electrons. The summed E-state index contributed by atoms with van der Waals surface area (Å²) in [7, 11) is 3.81. The van der Waals surface area contributed by atoms with Crippen LogP contribution in [0.25, 0.3) is 22.6 Å². The third-order valence-corrected chi connectivity index (χ3v) is 3.05. The molecule has 6 nitrogen and oxygen atoms in total. The summed E-state index contributed by atoms with van der Waals surface area (Å²) in [4.78, 5) is 0. The molecule has 1 aromatic carbocycles. The van der Waals surface area contributed by atoms with Crippen LogP contribution < -0.4 is 5.73 Å². The van der Waals surface area contributed by atoms with E-state index in [1.54, 1.807) is 12.5 Å². The highest BCUT2D eigenvalue weighted by Gasteiger charge is 2.16. The minimum atomic E-state index is 0.725. The molecule has 0 fully saturated rings. The molecule has 0 radical (unpaired) electrons. The number of hydrogen-bond donors (Lipinski definition) is 1. The summed E-state index contributed by atoms with van der Waals surface area (Å²) in [6.45, 7) is 0. The predicted octanol–water partition coefficient (Wildman–Crippen LogP) is 1.46. The lowest BCUT2D eigenvalue weighted by Crippen LogP contribution is -1.97. The third kappa shape index (κ3) is 1.87. The molecule has 6 heteroatoms. The standard InChI is InChI=1S/C13H14N6/c1-18-8-15-17-13(18)11-7-16-19(2)12(11)9-4-3-5-10(14)6-9/h3-8H,14H2,1-2H3. The van der Waals surface area contributed by atoms with E-state index in [9.17, 15) is 0 Å². The molecule has 0 saturated carbocycles. The van der Waals surface area contributed by atoms with E-state index in [1.165, 1.54) is 0 Å². The highest BCUT2D eigenvalue weighted by Crippen LogP contribution is 2.30. The zero-order valence-electron chi connectivity index (χ0n) is 10.8. The molecule has 0 spiro atoms. The summed E-state index contributed by atoms with van der Waals surface area (Å²) in [6, 6.07) is 7.73. The summed E-state index contributed by atoms with van der Waals surface area (Å²) in [6.07, 6.45) is 3.47. The molecular weight excluding hydrogens is 240 g/mol. The second kappa shape index (κ2) is 4.24. The van der Waals surface area contributed by atoms with Crippen LogP contribution in [0.1, 0.15) is 0 Å². The number of nitrogens with zero attached hydrogens (tertiary/aromatic N) is 5. The maximum atomic E-state index is 5.85. The lowest BCUT2D eigenvalue weighted by molar-refractivity contribution is 0.776. The zero-order valence-corrected chi connectivity index (χ0v) is 10.8. The van der Waals surface area contributed by atoms with E-state index < -0.39 is 0 Å². The van der Waals surface area contributed by atoms with Crippen molar-refractivity contribution in [3.8, 4) is 22.6 Å². The first-order valence-electron chi connectivity index (χ1n) is 5.89. The van der Waals surface area contributed by atoms with Crippen molar-refractivity contribution < 1.29 is 0 Å². The molecule has 0 atom stereocenters. The average Bonchev–Trinajstić information content (AvgIpc) is 2.95. The molecule has 0 aliphatic rings. The normalized spacial score (nSPS) is 10.8. The summed E-state index contributed by atoms with van der Waals surface area (Å²) < 4.78 is 3.69. The summed E-state index contributed by atoms with van der Waals surface area (Å²) in [5.74, 6) is 0.783. The van der Waals surface area contributed by atoms with Crippen LogP contribution in [0.2, 0.25) is 0 Å². The van der Waals surface area contributed by atoms with Gasteiger partial charge in [-0.3, -0.25) is 4.68 Å². The van der Waals surface area contributed by atoms with Crippen molar-refractivity contribution in [2.75, 3.05) is 5.73 Å². The molecule has 3 rings (SSSR count). The second-order valence-corrected chi connectivity index (χ2v) is 4.42. The number of benzene rings is 1. The Kier molecular flexibility index (Phi) is 2.56. The van der Waals surface area contributed by atoms with Gasteiger partial charge >= 0.3 is 0 Å². The fourth-order valence-corrected chi connectivity index (χ4v) is 2.16. The molecule has 2 aromatic heterocycles. The van der Waals surface area contributed by atoms with Crippen molar-refractivity contribution in [1.29, 1.82) is 0 Å². The number of hydrogen-bond acceptors (Lipinski definition) is 4. The van der Waals surface area contributed by atoms with Crippen LogP contribution in [0, 0.1) is 0 Å². The van der Waals surface area contributed by atoms with Crippen LogP contribution >= 0.6 is 0 Å². The van der Waals surface area contributed by atoms with Gasteiger partial charge in [0.2, 0.25) is 0 Å². The van der Waals surface area contributed by atoms with Gasteiger partial charge in [-0.25, -0.2) is 0 Å². The van der Waals surface area contributed by atoms with Crippen molar-refractivity contribution in [2.45, 2.75) is 0 Å². The summed E-state index contributed by atoms with van der Waals surface area (Å²) >= 11 is 0. The largest absolute Gasteiger partial charge is 0.399 e. The number of nitrogen functional groups attached to an aromatic ring is 1. The Morgan fingerprint density at radius 2 is 2.05 bits per heavy atom. The van der Waals surface area contributed by atoms with Crippen molar-refractivity contribution in [2.24, 2.45) is 14.1 Å². The number of nitrogens with two attached hydrogens (primary N) is 1. The Hall–Kier alpha value is -2.63. The average molecular weight is 254 g/mol. The maximum Gasteiger partial charge on any atom is 0.167 e. The van der Waals surface area contributed by atoms with E-state index in [2.05, 4.69) is 15.3 Å². The maximum absolute atomic E-state index is 5.85. The lowest BCUT2D eigenvalue weighted by Gasteiger charge is -2.07. The molecule has 2 heterocycles. The first kappa shape index (κ1) is 11.5. The van der Waals surface area contributed by atoms with E-state index in [1.807, 2.05) is 47.6 Å². The monoisotopic (exact) mass is 254 g/mol. The SMILES string of the molecule is Cn1cnnc1-c1cnn(C)c1-c1cccc(N)c1. The van der Waals surface area contributed by atoms with Crippen LogP contribution in [0.15, 0.2) is 36.8 Å². The first-order valence-corrected chi connectivity index (χ1v) is 5.89. The van der Waals surface area contributed by atoms with Gasteiger partial charge in [-0.15, -0.1) is 10.2 Å². The van der Waals surface area contributed by atoms with Gasteiger partial charge < -0.3 is 10.3 Å². The highest BCUT2D eigenvalue weighted by atomic mass is 15.3. The Bertz CT molecular complexity index is 724. The van der Waals surface area contributed by atoms with Gasteiger partial charge in [-0.2, -0.15) is 5.10 Å². The zero-order chi connectivity index (χ0) is 13.4. The quantitative estimate of drug-likeness (QED) is 0.703. The van der Waals surface area contributed by atoms with Crippen LogP contribution in [0.5, 0.6) is 0 Å². The van der Waals surface area contributed by atoms with E-state index in [0.29, 0.717) is 0 Å². The third-order valence-electron chi connectivity index (χ3n) is 3.05. The van der Waals surface area contributed by atoms with Crippen molar-refractivity contribution in [3.63, 3.8) is 0 Å². The fraction of sp³-hybridized carbons (Fsp3) is 0.154. The molecular formula is C13H14N6. The Morgan fingerprint density at radius 3 is 2.74 bits per heavy atom. The lowest BCUT2D eigenvalue weighted by atomic mass is 10.1. The number of anilines is 1. The molecule has 0 aliphatic heterocycles. The smallest absolute Gasteiger partial charge is 0.167 e.